The minimum atomic E-state index is -0.128. The van der Waals surface area contributed by atoms with Crippen molar-refractivity contribution in [2.24, 2.45) is 0 Å². The predicted octanol–water partition coefficient (Wildman–Crippen LogP) is 3.98. The molecule has 0 aliphatic heterocycles. The van der Waals surface area contributed by atoms with Crippen LogP contribution < -0.4 is 10.6 Å². The zero-order valence-corrected chi connectivity index (χ0v) is 15.2. The number of furan rings is 1. The summed E-state index contributed by atoms with van der Waals surface area (Å²) in [4.78, 5) is 24.1. The molecule has 0 radical (unpaired) electrons. The van der Waals surface area contributed by atoms with Crippen LogP contribution >= 0.6 is 0 Å². The van der Waals surface area contributed by atoms with Crippen LogP contribution in [0.15, 0.2) is 47.1 Å². The number of hydrogen-bond donors (Lipinski definition) is 2. The summed E-state index contributed by atoms with van der Waals surface area (Å²) in [6.45, 7) is 6.53. The zero-order valence-electron chi connectivity index (χ0n) is 15.2. The van der Waals surface area contributed by atoms with E-state index < -0.39 is 0 Å². The highest BCUT2D eigenvalue weighted by molar-refractivity contribution is 5.97. The molecule has 134 valence electrons. The summed E-state index contributed by atoms with van der Waals surface area (Å²) in [7, 11) is 0. The Balaban J connectivity index is 1.69. The fourth-order valence-electron chi connectivity index (χ4n) is 2.82. The highest BCUT2D eigenvalue weighted by Crippen LogP contribution is 2.25. The van der Waals surface area contributed by atoms with Crippen LogP contribution in [0.3, 0.4) is 0 Å². The van der Waals surface area contributed by atoms with E-state index in [-0.39, 0.29) is 18.2 Å². The van der Waals surface area contributed by atoms with Gasteiger partial charge < -0.3 is 15.1 Å². The number of hydrogen-bond acceptors (Lipinski definition) is 3. The van der Waals surface area contributed by atoms with Crippen LogP contribution in [0.2, 0.25) is 0 Å². The number of aryl methyl sites for hydroxylation is 2. The van der Waals surface area contributed by atoms with Gasteiger partial charge in [-0.05, 0) is 68.3 Å². The first kappa shape index (κ1) is 17.7. The summed E-state index contributed by atoms with van der Waals surface area (Å²) in [5, 5.41) is 6.56. The zero-order chi connectivity index (χ0) is 18.7. The largest absolute Gasteiger partial charge is 0.464 e. The van der Waals surface area contributed by atoms with Gasteiger partial charge in [0.25, 0.3) is 5.91 Å². The molecule has 5 nitrogen and oxygen atoms in total. The fourth-order valence-corrected chi connectivity index (χ4v) is 2.82. The summed E-state index contributed by atoms with van der Waals surface area (Å²) in [6.07, 6.45) is 1.87. The van der Waals surface area contributed by atoms with Gasteiger partial charge in [-0.3, -0.25) is 9.59 Å². The molecular formula is C21H22N2O3. The summed E-state index contributed by atoms with van der Waals surface area (Å²) in [6, 6.07) is 10.9. The number of amides is 2. The number of nitrogens with one attached hydrogen (secondary N) is 2. The third-order valence-electron chi connectivity index (χ3n) is 4.39. The minimum Gasteiger partial charge on any atom is -0.464 e. The van der Waals surface area contributed by atoms with Gasteiger partial charge in [-0.2, -0.15) is 0 Å². The van der Waals surface area contributed by atoms with Crippen LogP contribution in [0.4, 0.5) is 5.69 Å². The smallest absolute Gasteiger partial charge is 0.251 e. The highest BCUT2D eigenvalue weighted by atomic mass is 16.3. The van der Waals surface area contributed by atoms with Crippen LogP contribution in [-0.2, 0) is 11.2 Å². The molecule has 3 rings (SSSR count). The molecule has 3 aromatic rings. The Morgan fingerprint density at radius 1 is 1.04 bits per heavy atom. The average Bonchev–Trinajstić information content (AvgIpc) is 2.98. The van der Waals surface area contributed by atoms with Gasteiger partial charge in [-0.25, -0.2) is 0 Å². The first-order valence-corrected chi connectivity index (χ1v) is 8.63. The lowest BCUT2D eigenvalue weighted by Crippen LogP contribution is -2.22. The SMILES string of the molecule is CCNC(=O)c1ccc(NC(=O)Cc2coc3cc(C)c(C)cc23)cc1. The normalized spacial score (nSPS) is 10.7. The molecule has 26 heavy (non-hydrogen) atoms. The molecule has 0 saturated carbocycles. The molecule has 2 amide bonds. The lowest BCUT2D eigenvalue weighted by Gasteiger charge is -2.07. The van der Waals surface area contributed by atoms with Crippen molar-refractivity contribution in [1.29, 1.82) is 0 Å². The van der Waals surface area contributed by atoms with E-state index >= 15 is 0 Å². The lowest BCUT2D eigenvalue weighted by atomic mass is 10.0. The highest BCUT2D eigenvalue weighted by Gasteiger charge is 2.12. The molecule has 0 fully saturated rings. The van der Waals surface area contributed by atoms with E-state index in [1.807, 2.05) is 26.8 Å². The van der Waals surface area contributed by atoms with Crippen molar-refractivity contribution < 1.29 is 14.0 Å². The van der Waals surface area contributed by atoms with Gasteiger partial charge in [-0.15, -0.1) is 0 Å². The quantitative estimate of drug-likeness (QED) is 0.731. The Kier molecular flexibility index (Phi) is 5.07. The molecule has 0 bridgehead atoms. The van der Waals surface area contributed by atoms with Gasteiger partial charge >= 0.3 is 0 Å². The van der Waals surface area contributed by atoms with Gasteiger partial charge in [0.15, 0.2) is 0 Å². The van der Waals surface area contributed by atoms with Crippen LogP contribution in [-0.4, -0.2) is 18.4 Å². The number of rotatable bonds is 5. The third-order valence-corrected chi connectivity index (χ3v) is 4.39. The average molecular weight is 350 g/mol. The van der Waals surface area contributed by atoms with E-state index in [9.17, 15) is 9.59 Å². The molecule has 0 unspecified atom stereocenters. The third kappa shape index (κ3) is 3.77. The molecule has 0 spiro atoms. The number of benzene rings is 2. The molecule has 1 heterocycles. The first-order chi connectivity index (χ1) is 12.5. The second-order valence-electron chi connectivity index (χ2n) is 6.36. The van der Waals surface area contributed by atoms with Crippen LogP contribution in [0, 0.1) is 13.8 Å². The van der Waals surface area contributed by atoms with E-state index in [0.717, 1.165) is 22.1 Å². The van der Waals surface area contributed by atoms with Crippen molar-refractivity contribution in [1.82, 2.24) is 5.32 Å². The van der Waals surface area contributed by atoms with Crippen molar-refractivity contribution in [3.8, 4) is 0 Å². The number of carbonyl (C=O) groups is 2. The van der Waals surface area contributed by atoms with E-state index in [2.05, 4.69) is 16.7 Å². The van der Waals surface area contributed by atoms with Gasteiger partial charge in [0.1, 0.15) is 5.58 Å². The van der Waals surface area contributed by atoms with E-state index in [0.29, 0.717) is 17.8 Å². The topological polar surface area (TPSA) is 71.3 Å². The van der Waals surface area contributed by atoms with Crippen molar-refractivity contribution in [2.45, 2.75) is 27.2 Å². The first-order valence-electron chi connectivity index (χ1n) is 8.63. The number of carbonyl (C=O) groups excluding carboxylic acids is 2. The molecule has 2 N–H and O–H groups in total. The van der Waals surface area contributed by atoms with Crippen molar-refractivity contribution >= 4 is 28.5 Å². The lowest BCUT2D eigenvalue weighted by molar-refractivity contribution is -0.115. The van der Waals surface area contributed by atoms with Gasteiger partial charge in [-0.1, -0.05) is 0 Å². The fraction of sp³-hybridized carbons (Fsp3) is 0.238. The summed E-state index contributed by atoms with van der Waals surface area (Å²) < 4.78 is 5.58. The molecule has 0 atom stereocenters. The maximum absolute atomic E-state index is 12.4. The van der Waals surface area contributed by atoms with Crippen molar-refractivity contribution in [2.75, 3.05) is 11.9 Å². The predicted molar refractivity (Wildman–Crippen MR) is 102 cm³/mol. The Labute approximate surface area is 152 Å². The van der Waals surface area contributed by atoms with Crippen LogP contribution in [0.5, 0.6) is 0 Å². The Bertz CT molecular complexity index is 955. The van der Waals surface area contributed by atoms with E-state index in [1.54, 1.807) is 30.5 Å². The van der Waals surface area contributed by atoms with Crippen molar-refractivity contribution in [3.05, 3.63) is 64.9 Å². The molecule has 0 saturated heterocycles. The summed E-state index contributed by atoms with van der Waals surface area (Å²) >= 11 is 0. The molecule has 2 aromatic carbocycles. The van der Waals surface area contributed by atoms with Crippen molar-refractivity contribution in [3.63, 3.8) is 0 Å². The number of anilines is 1. The maximum Gasteiger partial charge on any atom is 0.251 e. The summed E-state index contributed by atoms with van der Waals surface area (Å²) in [5.74, 6) is -0.252. The second kappa shape index (κ2) is 7.44. The van der Waals surface area contributed by atoms with E-state index in [4.69, 9.17) is 4.42 Å². The molecule has 1 aromatic heterocycles. The monoisotopic (exact) mass is 350 g/mol. The van der Waals surface area contributed by atoms with Gasteiger partial charge in [0.2, 0.25) is 5.91 Å². The Morgan fingerprint density at radius 3 is 2.42 bits per heavy atom. The minimum absolute atomic E-state index is 0.124. The maximum atomic E-state index is 12.4. The standard InChI is InChI=1S/C21H22N2O3/c1-4-22-21(25)15-5-7-17(8-6-15)23-20(24)11-16-12-26-19-10-14(3)13(2)9-18(16)19/h5-10,12H,4,11H2,1-3H3,(H,22,25)(H,23,24). The number of fused-ring (bicyclic) bond motifs is 1. The summed E-state index contributed by atoms with van der Waals surface area (Å²) in [5.41, 5.74) is 5.21. The second-order valence-corrected chi connectivity index (χ2v) is 6.36. The molecule has 0 aliphatic rings. The van der Waals surface area contributed by atoms with Crippen LogP contribution in [0.1, 0.15) is 34.0 Å². The van der Waals surface area contributed by atoms with Gasteiger partial charge in [0, 0.05) is 28.7 Å². The Hall–Kier alpha value is -3.08. The molecular weight excluding hydrogens is 328 g/mol. The Morgan fingerprint density at radius 2 is 1.73 bits per heavy atom. The molecule has 0 aliphatic carbocycles. The van der Waals surface area contributed by atoms with Crippen LogP contribution in [0.25, 0.3) is 11.0 Å². The van der Waals surface area contributed by atoms with Gasteiger partial charge in [0.05, 0.1) is 12.7 Å². The van der Waals surface area contributed by atoms with E-state index in [1.165, 1.54) is 5.56 Å². The molecule has 5 heteroatoms.